The summed E-state index contributed by atoms with van der Waals surface area (Å²) in [5.74, 6) is 3.96. The zero-order valence-electron chi connectivity index (χ0n) is 12.0. The summed E-state index contributed by atoms with van der Waals surface area (Å²) in [5.41, 5.74) is 0. The Morgan fingerprint density at radius 2 is 2.24 bits per heavy atom. The molecule has 1 aliphatic heterocycles. The molecule has 21 heavy (non-hydrogen) atoms. The maximum absolute atomic E-state index is 12.2. The van der Waals surface area contributed by atoms with Crippen molar-refractivity contribution in [3.63, 3.8) is 0 Å². The fourth-order valence-electron chi connectivity index (χ4n) is 1.84. The van der Waals surface area contributed by atoms with Crippen LogP contribution >= 0.6 is 23.5 Å². The van der Waals surface area contributed by atoms with Gasteiger partial charge in [-0.15, -0.1) is 0 Å². The van der Waals surface area contributed by atoms with E-state index in [9.17, 15) is 8.42 Å². The predicted octanol–water partition coefficient (Wildman–Crippen LogP) is 2.03. The van der Waals surface area contributed by atoms with Gasteiger partial charge >= 0.3 is 0 Å². The number of pyridine rings is 1. The van der Waals surface area contributed by atoms with Crippen molar-refractivity contribution < 1.29 is 8.42 Å². The van der Waals surface area contributed by atoms with E-state index in [1.165, 1.54) is 6.20 Å². The van der Waals surface area contributed by atoms with Crippen molar-refractivity contribution in [3.05, 3.63) is 18.3 Å². The number of aromatic nitrogens is 1. The molecule has 0 amide bonds. The molecule has 0 bridgehead atoms. The van der Waals surface area contributed by atoms with Crippen molar-refractivity contribution in [1.82, 2.24) is 9.71 Å². The normalized spacial score (nSPS) is 19.4. The van der Waals surface area contributed by atoms with Gasteiger partial charge < -0.3 is 5.32 Å². The van der Waals surface area contributed by atoms with Crippen LogP contribution in [0.2, 0.25) is 0 Å². The van der Waals surface area contributed by atoms with E-state index in [1.807, 2.05) is 23.5 Å². The number of thioether (sulfide) groups is 2. The summed E-state index contributed by atoms with van der Waals surface area (Å²) >= 11 is 3.72. The highest BCUT2D eigenvalue weighted by Gasteiger charge is 2.19. The van der Waals surface area contributed by atoms with Crippen LogP contribution in [0, 0.1) is 0 Å². The molecule has 1 fully saturated rings. The average molecular weight is 348 g/mol. The van der Waals surface area contributed by atoms with Gasteiger partial charge in [0.15, 0.2) is 0 Å². The highest BCUT2D eigenvalue weighted by molar-refractivity contribution is 8.06. The van der Waals surface area contributed by atoms with Crippen LogP contribution in [0.25, 0.3) is 0 Å². The second kappa shape index (κ2) is 8.26. The predicted molar refractivity (Wildman–Crippen MR) is 91.8 cm³/mol. The van der Waals surface area contributed by atoms with Gasteiger partial charge in [-0.25, -0.2) is 18.1 Å². The molecule has 1 aliphatic rings. The number of sulfonamides is 1. The van der Waals surface area contributed by atoms with Crippen molar-refractivity contribution in [2.45, 2.75) is 23.5 Å². The van der Waals surface area contributed by atoms with Gasteiger partial charge in [0.1, 0.15) is 10.7 Å². The third kappa shape index (κ3) is 5.36. The fraction of sp³-hybridized carbons (Fsp3) is 0.615. The molecule has 0 spiro atoms. The molecule has 0 aromatic carbocycles. The van der Waals surface area contributed by atoms with Crippen molar-refractivity contribution in [1.29, 1.82) is 0 Å². The first-order valence-corrected chi connectivity index (χ1v) is 10.7. The lowest BCUT2D eigenvalue weighted by Gasteiger charge is -2.21. The lowest BCUT2D eigenvalue weighted by molar-refractivity contribution is 0.581. The maximum atomic E-state index is 12.2. The average Bonchev–Trinajstić information content (AvgIpc) is 2.52. The summed E-state index contributed by atoms with van der Waals surface area (Å²) in [4.78, 5) is 4.36. The number of hydrogen-bond donors (Lipinski definition) is 2. The summed E-state index contributed by atoms with van der Waals surface area (Å²) in [6.07, 6.45) is 2.41. The Labute approximate surface area is 135 Å². The van der Waals surface area contributed by atoms with Gasteiger partial charge in [-0.05, 0) is 18.6 Å². The van der Waals surface area contributed by atoms with Crippen LogP contribution in [-0.2, 0) is 10.0 Å². The zero-order valence-corrected chi connectivity index (χ0v) is 14.5. The van der Waals surface area contributed by atoms with E-state index in [-0.39, 0.29) is 4.90 Å². The number of nitrogens with one attached hydrogen (secondary N) is 2. The van der Waals surface area contributed by atoms with Crippen LogP contribution in [0.15, 0.2) is 23.2 Å². The van der Waals surface area contributed by atoms with Crippen LogP contribution < -0.4 is 10.0 Å². The van der Waals surface area contributed by atoms with Crippen molar-refractivity contribution in [2.75, 3.05) is 35.7 Å². The Kier molecular flexibility index (Phi) is 6.66. The summed E-state index contributed by atoms with van der Waals surface area (Å²) < 4.78 is 27.1. The van der Waals surface area contributed by atoms with Crippen LogP contribution in [0.1, 0.15) is 13.3 Å². The van der Waals surface area contributed by atoms with Gasteiger partial charge in [0, 0.05) is 41.8 Å². The summed E-state index contributed by atoms with van der Waals surface area (Å²) in [7, 11) is -3.46. The van der Waals surface area contributed by atoms with Gasteiger partial charge in [-0.2, -0.15) is 23.5 Å². The van der Waals surface area contributed by atoms with E-state index in [1.54, 1.807) is 12.1 Å². The molecule has 8 heteroatoms. The molecule has 2 N–H and O–H groups in total. The number of hydrogen-bond acceptors (Lipinski definition) is 6. The first kappa shape index (κ1) is 16.9. The number of nitrogens with zero attached hydrogens (tertiary/aromatic N) is 1. The van der Waals surface area contributed by atoms with Crippen LogP contribution in [-0.4, -0.2) is 49.0 Å². The van der Waals surface area contributed by atoms with Crippen LogP contribution in [0.4, 0.5) is 5.82 Å². The van der Waals surface area contributed by atoms with Crippen molar-refractivity contribution in [3.8, 4) is 0 Å². The zero-order chi connectivity index (χ0) is 15.1. The Morgan fingerprint density at radius 3 is 2.86 bits per heavy atom. The first-order valence-electron chi connectivity index (χ1n) is 7.01. The third-order valence-corrected chi connectivity index (χ3v) is 7.24. The molecule has 0 radical (unpaired) electrons. The Bertz CT molecular complexity index is 528. The van der Waals surface area contributed by atoms with E-state index >= 15 is 0 Å². The molecule has 1 saturated heterocycles. The molecule has 1 aromatic heterocycles. The lowest BCUT2D eigenvalue weighted by atomic mass is 10.4. The monoisotopic (exact) mass is 347 g/mol. The summed E-state index contributed by atoms with van der Waals surface area (Å²) in [6.45, 7) is 3.38. The maximum Gasteiger partial charge on any atom is 0.242 e. The minimum atomic E-state index is -3.46. The van der Waals surface area contributed by atoms with Crippen molar-refractivity contribution >= 4 is 39.4 Å². The molecule has 0 saturated carbocycles. The van der Waals surface area contributed by atoms with E-state index in [0.29, 0.717) is 17.6 Å². The molecule has 5 nitrogen and oxygen atoms in total. The van der Waals surface area contributed by atoms with Crippen LogP contribution in [0.3, 0.4) is 0 Å². The molecule has 1 aromatic rings. The minimum absolute atomic E-state index is 0.220. The molecule has 2 rings (SSSR count). The van der Waals surface area contributed by atoms with Crippen LogP contribution in [0.5, 0.6) is 0 Å². The summed E-state index contributed by atoms with van der Waals surface area (Å²) in [6, 6.07) is 3.30. The fourth-order valence-corrected chi connectivity index (χ4v) is 5.58. The second-order valence-electron chi connectivity index (χ2n) is 4.73. The van der Waals surface area contributed by atoms with Gasteiger partial charge in [-0.1, -0.05) is 6.92 Å². The third-order valence-electron chi connectivity index (χ3n) is 2.99. The van der Waals surface area contributed by atoms with Gasteiger partial charge in [0.25, 0.3) is 0 Å². The Hall–Kier alpha value is -0.440. The first-order chi connectivity index (χ1) is 10.1. The molecule has 118 valence electrons. The number of anilines is 1. The topological polar surface area (TPSA) is 71.1 Å². The Balaban J connectivity index is 1.91. The SMILES string of the molecule is CCCNc1ccc(S(=O)(=O)NCC2CSCCS2)cn1. The minimum Gasteiger partial charge on any atom is -0.370 e. The van der Waals surface area contributed by atoms with Gasteiger partial charge in [0.05, 0.1) is 0 Å². The van der Waals surface area contributed by atoms with E-state index < -0.39 is 10.0 Å². The molecule has 2 heterocycles. The smallest absolute Gasteiger partial charge is 0.242 e. The highest BCUT2D eigenvalue weighted by Crippen LogP contribution is 2.23. The van der Waals surface area contributed by atoms with Crippen molar-refractivity contribution in [2.24, 2.45) is 0 Å². The molecule has 1 atom stereocenters. The van der Waals surface area contributed by atoms with Gasteiger partial charge in [0.2, 0.25) is 10.0 Å². The molecular weight excluding hydrogens is 326 g/mol. The van der Waals surface area contributed by atoms with Gasteiger partial charge in [-0.3, -0.25) is 0 Å². The Morgan fingerprint density at radius 1 is 1.38 bits per heavy atom. The summed E-state index contributed by atoms with van der Waals surface area (Å²) in [5, 5.41) is 3.48. The van der Waals surface area contributed by atoms with E-state index in [2.05, 4.69) is 21.9 Å². The lowest BCUT2D eigenvalue weighted by Crippen LogP contribution is -2.33. The molecule has 1 unspecified atom stereocenters. The number of rotatable bonds is 7. The quantitative estimate of drug-likeness (QED) is 0.786. The standard InChI is InChI=1S/C13H21N3O2S3/c1-2-5-14-13-4-3-12(9-15-13)21(17,18)16-8-11-10-19-6-7-20-11/h3-4,9,11,16H,2,5-8,10H2,1H3,(H,14,15). The molecule has 0 aliphatic carbocycles. The van der Waals surface area contributed by atoms with E-state index in [0.717, 1.165) is 30.2 Å². The van der Waals surface area contributed by atoms with E-state index in [4.69, 9.17) is 0 Å². The highest BCUT2D eigenvalue weighted by atomic mass is 32.2. The largest absolute Gasteiger partial charge is 0.370 e. The molecular formula is C13H21N3O2S3. The second-order valence-corrected chi connectivity index (χ2v) is 9.05.